The maximum Gasteiger partial charge on any atom is 0.354 e. The molecule has 0 saturated heterocycles. The van der Waals surface area contributed by atoms with Crippen LogP contribution in [0.1, 0.15) is 16.1 Å². The second kappa shape index (κ2) is 6.01. The summed E-state index contributed by atoms with van der Waals surface area (Å²) in [6.45, 7) is 0.685. The second-order valence-corrected chi connectivity index (χ2v) is 4.44. The number of pyridine rings is 2. The molecule has 3 N–H and O–H groups in total. The highest BCUT2D eigenvalue weighted by Gasteiger charge is 2.12. The minimum Gasteiger partial charge on any atom is -0.477 e. The van der Waals surface area contributed by atoms with Crippen LogP contribution in [-0.4, -0.2) is 34.6 Å². The summed E-state index contributed by atoms with van der Waals surface area (Å²) in [6.07, 6.45) is 4.29. The van der Waals surface area contributed by atoms with Gasteiger partial charge in [-0.25, -0.2) is 9.78 Å². The van der Waals surface area contributed by atoms with Crippen molar-refractivity contribution in [3.8, 4) is 0 Å². The highest BCUT2D eigenvalue weighted by Crippen LogP contribution is 2.20. The Morgan fingerprint density at radius 2 is 2.00 bits per heavy atom. The smallest absolute Gasteiger partial charge is 0.354 e. The summed E-state index contributed by atoms with van der Waals surface area (Å²) >= 11 is 0. The number of nitrogen functional groups attached to an aromatic ring is 1. The molecule has 0 aliphatic rings. The van der Waals surface area contributed by atoms with Crippen molar-refractivity contribution >= 4 is 17.5 Å². The number of nitrogens with zero attached hydrogens (tertiary/aromatic N) is 3. The van der Waals surface area contributed by atoms with Crippen LogP contribution < -0.4 is 10.6 Å². The van der Waals surface area contributed by atoms with Crippen molar-refractivity contribution in [2.75, 3.05) is 24.2 Å². The number of carboxylic acid groups (broad SMARTS) is 1. The molecular formula is C14H16N4O2. The van der Waals surface area contributed by atoms with E-state index in [1.165, 1.54) is 6.07 Å². The SMILES string of the molecule is CN(CCc1ccncc1)c1nc(C(=O)O)ccc1N. The molecule has 2 rings (SSSR count). The molecule has 0 aliphatic heterocycles. The topological polar surface area (TPSA) is 92.3 Å². The fourth-order valence-electron chi connectivity index (χ4n) is 1.84. The average molecular weight is 272 g/mol. The van der Waals surface area contributed by atoms with E-state index in [0.717, 1.165) is 12.0 Å². The summed E-state index contributed by atoms with van der Waals surface area (Å²) in [7, 11) is 1.84. The summed E-state index contributed by atoms with van der Waals surface area (Å²) in [5.74, 6) is -0.576. The van der Waals surface area contributed by atoms with Crippen molar-refractivity contribution in [1.29, 1.82) is 0 Å². The van der Waals surface area contributed by atoms with Crippen LogP contribution >= 0.6 is 0 Å². The number of anilines is 2. The van der Waals surface area contributed by atoms with Gasteiger partial charge >= 0.3 is 5.97 Å². The van der Waals surface area contributed by atoms with Crippen LogP contribution in [0.2, 0.25) is 0 Å². The van der Waals surface area contributed by atoms with E-state index in [4.69, 9.17) is 10.8 Å². The number of rotatable bonds is 5. The molecule has 6 nitrogen and oxygen atoms in total. The fraction of sp³-hybridized carbons (Fsp3) is 0.214. The Morgan fingerprint density at radius 1 is 1.30 bits per heavy atom. The third-order valence-corrected chi connectivity index (χ3v) is 2.97. The molecule has 2 heterocycles. The van der Waals surface area contributed by atoms with Crippen molar-refractivity contribution in [2.24, 2.45) is 0 Å². The van der Waals surface area contributed by atoms with E-state index in [1.807, 2.05) is 24.1 Å². The van der Waals surface area contributed by atoms with Gasteiger partial charge in [0.1, 0.15) is 0 Å². The van der Waals surface area contributed by atoms with Crippen LogP contribution in [0.4, 0.5) is 11.5 Å². The van der Waals surface area contributed by atoms with Gasteiger partial charge in [0.15, 0.2) is 11.5 Å². The Morgan fingerprint density at radius 3 is 2.65 bits per heavy atom. The first-order valence-electron chi connectivity index (χ1n) is 6.18. The Bertz CT molecular complexity index is 601. The van der Waals surface area contributed by atoms with E-state index >= 15 is 0 Å². The third kappa shape index (κ3) is 3.23. The van der Waals surface area contributed by atoms with Crippen molar-refractivity contribution < 1.29 is 9.90 Å². The first kappa shape index (κ1) is 13.8. The Labute approximate surface area is 116 Å². The molecule has 104 valence electrons. The zero-order valence-corrected chi connectivity index (χ0v) is 11.2. The van der Waals surface area contributed by atoms with Gasteiger partial charge in [-0.15, -0.1) is 0 Å². The zero-order valence-electron chi connectivity index (χ0n) is 11.2. The molecule has 20 heavy (non-hydrogen) atoms. The zero-order chi connectivity index (χ0) is 14.5. The molecule has 6 heteroatoms. The first-order valence-corrected chi connectivity index (χ1v) is 6.18. The molecular weight excluding hydrogens is 256 g/mol. The lowest BCUT2D eigenvalue weighted by Crippen LogP contribution is -2.23. The van der Waals surface area contributed by atoms with Gasteiger partial charge in [-0.1, -0.05) is 0 Å². The number of nitrogens with two attached hydrogens (primary N) is 1. The lowest BCUT2D eigenvalue weighted by atomic mass is 10.2. The van der Waals surface area contributed by atoms with Gasteiger partial charge in [0.05, 0.1) is 5.69 Å². The van der Waals surface area contributed by atoms with Crippen LogP contribution in [0.5, 0.6) is 0 Å². The Balaban J connectivity index is 2.10. The fourth-order valence-corrected chi connectivity index (χ4v) is 1.84. The molecule has 0 amide bonds. The molecule has 0 atom stereocenters. The highest BCUT2D eigenvalue weighted by atomic mass is 16.4. The van der Waals surface area contributed by atoms with E-state index in [0.29, 0.717) is 18.1 Å². The van der Waals surface area contributed by atoms with Crippen LogP contribution in [0.15, 0.2) is 36.7 Å². The number of likely N-dealkylation sites (N-methyl/N-ethyl adjacent to an activating group) is 1. The summed E-state index contributed by atoms with van der Waals surface area (Å²) in [5.41, 5.74) is 7.46. The maximum atomic E-state index is 10.9. The predicted octanol–water partition coefficient (Wildman–Crippen LogP) is 1.44. The normalized spacial score (nSPS) is 10.2. The molecule has 0 unspecified atom stereocenters. The van der Waals surface area contributed by atoms with E-state index in [2.05, 4.69) is 9.97 Å². The van der Waals surface area contributed by atoms with Gasteiger partial charge in [0, 0.05) is 26.0 Å². The molecule has 0 aromatic carbocycles. The number of hydrogen-bond acceptors (Lipinski definition) is 5. The van der Waals surface area contributed by atoms with E-state index in [-0.39, 0.29) is 5.69 Å². The number of aromatic nitrogens is 2. The molecule has 2 aromatic heterocycles. The molecule has 0 saturated carbocycles. The van der Waals surface area contributed by atoms with Gasteiger partial charge in [-0.2, -0.15) is 0 Å². The molecule has 2 aromatic rings. The van der Waals surface area contributed by atoms with Crippen LogP contribution in [0.3, 0.4) is 0 Å². The average Bonchev–Trinajstić information content (AvgIpc) is 2.46. The largest absolute Gasteiger partial charge is 0.477 e. The Kier molecular flexibility index (Phi) is 4.14. The minimum atomic E-state index is -1.06. The number of carbonyl (C=O) groups is 1. The number of carboxylic acids is 1. The van der Waals surface area contributed by atoms with Crippen molar-refractivity contribution in [3.63, 3.8) is 0 Å². The van der Waals surface area contributed by atoms with Crippen molar-refractivity contribution in [3.05, 3.63) is 47.9 Å². The highest BCUT2D eigenvalue weighted by molar-refractivity contribution is 5.86. The summed E-state index contributed by atoms with van der Waals surface area (Å²) in [4.78, 5) is 20.8. The third-order valence-electron chi connectivity index (χ3n) is 2.97. The van der Waals surface area contributed by atoms with Crippen molar-refractivity contribution in [2.45, 2.75) is 6.42 Å². The molecule has 0 bridgehead atoms. The predicted molar refractivity (Wildman–Crippen MR) is 76.8 cm³/mol. The van der Waals surface area contributed by atoms with Gasteiger partial charge in [0.2, 0.25) is 0 Å². The maximum absolute atomic E-state index is 10.9. The lowest BCUT2D eigenvalue weighted by molar-refractivity contribution is 0.0690. The summed E-state index contributed by atoms with van der Waals surface area (Å²) in [6, 6.07) is 6.85. The van der Waals surface area contributed by atoms with Gasteiger partial charge in [-0.3, -0.25) is 4.98 Å². The monoisotopic (exact) mass is 272 g/mol. The van der Waals surface area contributed by atoms with Crippen LogP contribution in [0.25, 0.3) is 0 Å². The molecule has 0 aliphatic carbocycles. The van der Waals surface area contributed by atoms with Crippen LogP contribution in [0, 0.1) is 0 Å². The molecule has 0 spiro atoms. The number of hydrogen-bond donors (Lipinski definition) is 2. The molecule has 0 radical (unpaired) electrons. The quantitative estimate of drug-likeness (QED) is 0.855. The lowest BCUT2D eigenvalue weighted by Gasteiger charge is -2.20. The van der Waals surface area contributed by atoms with E-state index in [9.17, 15) is 4.79 Å². The van der Waals surface area contributed by atoms with Crippen molar-refractivity contribution in [1.82, 2.24) is 9.97 Å². The second-order valence-electron chi connectivity index (χ2n) is 4.44. The first-order chi connectivity index (χ1) is 9.58. The summed E-state index contributed by atoms with van der Waals surface area (Å²) in [5, 5.41) is 8.96. The van der Waals surface area contributed by atoms with E-state index in [1.54, 1.807) is 18.5 Å². The Hall–Kier alpha value is -2.63. The van der Waals surface area contributed by atoms with Crippen LogP contribution in [-0.2, 0) is 6.42 Å². The van der Waals surface area contributed by atoms with Gasteiger partial charge < -0.3 is 15.7 Å². The molecule has 0 fully saturated rings. The standard InChI is InChI=1S/C14H16N4O2/c1-18(9-6-10-4-7-16-8-5-10)13-11(15)2-3-12(17-13)14(19)20/h2-5,7-8H,6,9,15H2,1H3,(H,19,20). The summed E-state index contributed by atoms with van der Waals surface area (Å²) < 4.78 is 0. The van der Waals surface area contributed by atoms with Gasteiger partial charge in [-0.05, 0) is 36.2 Å². The van der Waals surface area contributed by atoms with E-state index < -0.39 is 5.97 Å². The number of aromatic carboxylic acids is 1. The van der Waals surface area contributed by atoms with Gasteiger partial charge in [0.25, 0.3) is 0 Å². The minimum absolute atomic E-state index is 0.00930.